The Kier molecular flexibility index (Phi) is 6.41. The molecule has 1 aliphatic heterocycles. The van der Waals surface area contributed by atoms with Crippen LogP contribution in [0.4, 0.5) is 14.9 Å². The highest BCUT2D eigenvalue weighted by atomic mass is 19.1. The first-order valence-corrected chi connectivity index (χ1v) is 8.88. The summed E-state index contributed by atoms with van der Waals surface area (Å²) < 4.78 is 19.2. The first kappa shape index (κ1) is 20.7. The molecule has 1 aliphatic rings. The summed E-state index contributed by atoms with van der Waals surface area (Å²) in [5.74, 6) is -1.63. The third kappa shape index (κ3) is 5.94. The molecular formula is C19H26FN3O4. The van der Waals surface area contributed by atoms with Gasteiger partial charge in [0.2, 0.25) is 11.8 Å². The van der Waals surface area contributed by atoms with E-state index in [1.54, 1.807) is 39.8 Å². The molecule has 1 aromatic rings. The van der Waals surface area contributed by atoms with Crippen LogP contribution in [0.2, 0.25) is 0 Å². The number of aryl methyl sites for hydroxylation is 1. The van der Waals surface area contributed by atoms with Gasteiger partial charge in [0.1, 0.15) is 11.4 Å². The molecule has 8 heteroatoms. The number of nitrogens with zero attached hydrogens (tertiary/aromatic N) is 1. The number of hydrogen-bond donors (Lipinski definition) is 2. The van der Waals surface area contributed by atoms with Crippen molar-refractivity contribution < 1.29 is 23.5 Å². The normalized spacial score (nSPS) is 17.0. The van der Waals surface area contributed by atoms with E-state index in [1.807, 2.05) is 0 Å². The van der Waals surface area contributed by atoms with E-state index in [-0.39, 0.29) is 43.6 Å². The maximum atomic E-state index is 14.1. The Hall–Kier alpha value is -2.64. The van der Waals surface area contributed by atoms with Crippen molar-refractivity contribution in [3.63, 3.8) is 0 Å². The van der Waals surface area contributed by atoms with Crippen LogP contribution in [0.3, 0.4) is 0 Å². The Morgan fingerprint density at radius 3 is 2.56 bits per heavy atom. The largest absolute Gasteiger partial charge is 0.444 e. The Labute approximate surface area is 158 Å². The number of hydrogen-bond acceptors (Lipinski definition) is 4. The molecule has 2 N–H and O–H groups in total. The number of amides is 3. The van der Waals surface area contributed by atoms with E-state index >= 15 is 0 Å². The van der Waals surface area contributed by atoms with E-state index in [1.165, 1.54) is 11.0 Å². The standard InChI is InChI=1S/C19H26FN3O4/c1-12-5-6-15(14(20)9-12)23-11-13(10-16(23)24)17(25)21-7-8-22-18(26)27-19(2,3)4/h5-6,9,13H,7-8,10-11H2,1-4H3,(H,21,25)(H,22,26). The van der Waals surface area contributed by atoms with Gasteiger partial charge in [-0.15, -0.1) is 0 Å². The number of alkyl carbamates (subject to hydrolysis) is 1. The average molecular weight is 379 g/mol. The van der Waals surface area contributed by atoms with Crippen LogP contribution in [-0.2, 0) is 14.3 Å². The molecule has 0 spiro atoms. The van der Waals surface area contributed by atoms with Gasteiger partial charge in [-0.25, -0.2) is 9.18 Å². The molecular weight excluding hydrogens is 353 g/mol. The maximum absolute atomic E-state index is 14.1. The summed E-state index contributed by atoms with van der Waals surface area (Å²) >= 11 is 0. The Balaban J connectivity index is 1.81. The minimum Gasteiger partial charge on any atom is -0.444 e. The van der Waals surface area contributed by atoms with E-state index in [9.17, 15) is 18.8 Å². The van der Waals surface area contributed by atoms with Crippen LogP contribution < -0.4 is 15.5 Å². The molecule has 1 saturated heterocycles. The number of anilines is 1. The van der Waals surface area contributed by atoms with Crippen molar-refractivity contribution in [3.8, 4) is 0 Å². The van der Waals surface area contributed by atoms with Crippen LogP contribution in [0.1, 0.15) is 32.8 Å². The molecule has 0 aliphatic carbocycles. The van der Waals surface area contributed by atoms with Crippen LogP contribution in [0.15, 0.2) is 18.2 Å². The minimum atomic E-state index is -0.591. The number of benzene rings is 1. The smallest absolute Gasteiger partial charge is 0.407 e. The molecule has 1 fully saturated rings. The van der Waals surface area contributed by atoms with E-state index in [4.69, 9.17) is 4.74 Å². The van der Waals surface area contributed by atoms with Crippen molar-refractivity contribution in [2.24, 2.45) is 5.92 Å². The lowest BCUT2D eigenvalue weighted by atomic mass is 10.1. The predicted octanol–water partition coefficient (Wildman–Crippen LogP) is 2.13. The van der Waals surface area contributed by atoms with Gasteiger partial charge in [0.15, 0.2) is 0 Å². The SMILES string of the molecule is Cc1ccc(N2CC(C(=O)NCCNC(=O)OC(C)(C)C)CC2=O)c(F)c1. The van der Waals surface area contributed by atoms with Crippen molar-refractivity contribution in [2.45, 2.75) is 39.7 Å². The fourth-order valence-electron chi connectivity index (χ4n) is 2.76. The second kappa shape index (κ2) is 8.37. The highest BCUT2D eigenvalue weighted by Gasteiger charge is 2.36. The van der Waals surface area contributed by atoms with Gasteiger partial charge in [-0.2, -0.15) is 0 Å². The Morgan fingerprint density at radius 1 is 1.26 bits per heavy atom. The van der Waals surface area contributed by atoms with Gasteiger partial charge in [0, 0.05) is 26.1 Å². The Morgan fingerprint density at radius 2 is 1.93 bits per heavy atom. The van der Waals surface area contributed by atoms with Crippen molar-refractivity contribution >= 4 is 23.6 Å². The van der Waals surface area contributed by atoms with Crippen LogP contribution in [0, 0.1) is 18.7 Å². The first-order valence-electron chi connectivity index (χ1n) is 8.88. The molecule has 1 aromatic carbocycles. The fourth-order valence-corrected chi connectivity index (χ4v) is 2.76. The van der Waals surface area contributed by atoms with Gasteiger partial charge >= 0.3 is 6.09 Å². The third-order valence-electron chi connectivity index (χ3n) is 3.98. The molecule has 0 saturated carbocycles. The van der Waals surface area contributed by atoms with E-state index < -0.39 is 23.4 Å². The predicted molar refractivity (Wildman–Crippen MR) is 98.8 cm³/mol. The molecule has 0 bridgehead atoms. The lowest BCUT2D eigenvalue weighted by Gasteiger charge is -2.20. The van der Waals surface area contributed by atoms with E-state index in [2.05, 4.69) is 10.6 Å². The molecule has 0 aromatic heterocycles. The molecule has 3 amide bonds. The molecule has 1 atom stereocenters. The molecule has 0 radical (unpaired) electrons. The van der Waals surface area contributed by atoms with Gasteiger partial charge in [0.25, 0.3) is 0 Å². The van der Waals surface area contributed by atoms with Crippen molar-refractivity contribution in [3.05, 3.63) is 29.6 Å². The summed E-state index contributed by atoms with van der Waals surface area (Å²) in [6.07, 6.45) is -0.535. The van der Waals surface area contributed by atoms with Gasteiger partial charge in [-0.05, 0) is 45.4 Å². The zero-order valence-electron chi connectivity index (χ0n) is 16.1. The number of rotatable bonds is 5. The van der Waals surface area contributed by atoms with Crippen LogP contribution in [0.5, 0.6) is 0 Å². The molecule has 148 valence electrons. The van der Waals surface area contributed by atoms with Gasteiger partial charge in [-0.3, -0.25) is 9.59 Å². The molecule has 1 heterocycles. The maximum Gasteiger partial charge on any atom is 0.407 e. The summed E-state index contributed by atoms with van der Waals surface area (Å²) in [5, 5.41) is 5.22. The fraction of sp³-hybridized carbons (Fsp3) is 0.526. The van der Waals surface area contributed by atoms with Crippen molar-refractivity contribution in [1.29, 1.82) is 0 Å². The second-order valence-electron chi connectivity index (χ2n) is 7.58. The van der Waals surface area contributed by atoms with E-state index in [0.717, 1.165) is 5.56 Å². The lowest BCUT2D eigenvalue weighted by molar-refractivity contribution is -0.126. The first-order chi connectivity index (χ1) is 12.6. The number of ether oxygens (including phenoxy) is 1. The molecule has 27 heavy (non-hydrogen) atoms. The van der Waals surface area contributed by atoms with E-state index in [0.29, 0.717) is 0 Å². The summed E-state index contributed by atoms with van der Waals surface area (Å²) in [7, 11) is 0. The Bertz CT molecular complexity index is 730. The number of carbonyl (C=O) groups is 3. The summed E-state index contributed by atoms with van der Waals surface area (Å²) in [4.78, 5) is 37.3. The van der Waals surface area contributed by atoms with Crippen LogP contribution in [-0.4, -0.2) is 43.1 Å². The topological polar surface area (TPSA) is 87.7 Å². The highest BCUT2D eigenvalue weighted by Crippen LogP contribution is 2.28. The summed E-state index contributed by atoms with van der Waals surface area (Å²) in [6, 6.07) is 4.63. The highest BCUT2D eigenvalue weighted by molar-refractivity contribution is 6.00. The van der Waals surface area contributed by atoms with Crippen LogP contribution >= 0.6 is 0 Å². The minimum absolute atomic E-state index is 0.0264. The number of nitrogens with one attached hydrogen (secondary N) is 2. The second-order valence-corrected chi connectivity index (χ2v) is 7.58. The zero-order valence-corrected chi connectivity index (χ0v) is 16.1. The van der Waals surface area contributed by atoms with Gasteiger partial charge < -0.3 is 20.3 Å². The van der Waals surface area contributed by atoms with Gasteiger partial charge in [-0.1, -0.05) is 6.07 Å². The lowest BCUT2D eigenvalue weighted by Crippen LogP contribution is -2.40. The number of carbonyl (C=O) groups excluding carboxylic acids is 3. The van der Waals surface area contributed by atoms with Crippen molar-refractivity contribution in [1.82, 2.24) is 10.6 Å². The third-order valence-corrected chi connectivity index (χ3v) is 3.98. The quantitative estimate of drug-likeness (QED) is 0.767. The van der Waals surface area contributed by atoms with Gasteiger partial charge in [0.05, 0.1) is 11.6 Å². The molecule has 2 rings (SSSR count). The average Bonchev–Trinajstić information content (AvgIpc) is 2.91. The molecule has 7 nitrogen and oxygen atoms in total. The van der Waals surface area contributed by atoms with Crippen molar-refractivity contribution in [2.75, 3.05) is 24.5 Å². The number of halogens is 1. The molecule has 1 unspecified atom stereocenters. The van der Waals surface area contributed by atoms with Crippen LogP contribution in [0.25, 0.3) is 0 Å². The summed E-state index contributed by atoms with van der Waals surface area (Å²) in [6.45, 7) is 7.58. The summed E-state index contributed by atoms with van der Waals surface area (Å²) in [5.41, 5.74) is 0.355. The monoisotopic (exact) mass is 379 g/mol. The zero-order chi connectivity index (χ0) is 20.2.